The van der Waals surface area contributed by atoms with Crippen LogP contribution in [-0.4, -0.2) is 72.5 Å². The number of ether oxygens (including phenoxy) is 1. The number of hydrogen-bond donors (Lipinski definition) is 1. The first-order chi connectivity index (χ1) is 18.1. The molecule has 8 nitrogen and oxygen atoms in total. The highest BCUT2D eigenvalue weighted by atomic mass is 32.2. The van der Waals surface area contributed by atoms with Gasteiger partial charge >= 0.3 is 0 Å². The van der Waals surface area contributed by atoms with E-state index in [1.165, 1.54) is 34.6 Å². The summed E-state index contributed by atoms with van der Waals surface area (Å²) < 4.78 is 47.2. The van der Waals surface area contributed by atoms with Crippen LogP contribution in [0.15, 0.2) is 58.3 Å². The van der Waals surface area contributed by atoms with Gasteiger partial charge in [-0.1, -0.05) is 30.9 Å². The van der Waals surface area contributed by atoms with Crippen molar-refractivity contribution in [1.82, 2.24) is 14.2 Å². The summed E-state index contributed by atoms with van der Waals surface area (Å²) in [6.45, 7) is 3.61. The van der Waals surface area contributed by atoms with Crippen molar-refractivity contribution in [3.05, 3.63) is 76.5 Å². The van der Waals surface area contributed by atoms with Crippen LogP contribution in [0.4, 0.5) is 4.39 Å². The lowest BCUT2D eigenvalue weighted by Gasteiger charge is -2.37. The van der Waals surface area contributed by atoms with Crippen molar-refractivity contribution in [3.8, 4) is 17.7 Å². The van der Waals surface area contributed by atoms with Crippen LogP contribution in [0, 0.1) is 23.6 Å². The van der Waals surface area contributed by atoms with Crippen molar-refractivity contribution < 1.29 is 27.4 Å². The van der Waals surface area contributed by atoms with Crippen LogP contribution in [0.2, 0.25) is 0 Å². The van der Waals surface area contributed by atoms with Gasteiger partial charge in [0.05, 0.1) is 19.2 Å². The fraction of sp³-hybridized carbons (Fsp3) is 0.333. The highest BCUT2D eigenvalue weighted by Gasteiger charge is 2.36. The fourth-order valence-electron chi connectivity index (χ4n) is 4.01. The Morgan fingerprint density at radius 2 is 2.03 bits per heavy atom. The number of aliphatic hydroxyl groups is 1. The molecule has 0 spiro atoms. The van der Waals surface area contributed by atoms with E-state index in [9.17, 15) is 22.7 Å². The Balaban J connectivity index is 1.69. The average molecular weight is 558 g/mol. The van der Waals surface area contributed by atoms with Gasteiger partial charge in [0.1, 0.15) is 21.7 Å². The maximum absolute atomic E-state index is 13.5. The molecule has 1 N–H and O–H groups in total. The Morgan fingerprint density at radius 3 is 2.71 bits per heavy atom. The van der Waals surface area contributed by atoms with Crippen LogP contribution in [0.3, 0.4) is 0 Å². The molecule has 0 aliphatic carbocycles. The lowest BCUT2D eigenvalue weighted by Crippen LogP contribution is -2.50. The first kappa shape index (κ1) is 27.7. The monoisotopic (exact) mass is 557 g/mol. The molecule has 1 aliphatic heterocycles. The van der Waals surface area contributed by atoms with E-state index in [0.717, 1.165) is 11.3 Å². The third-order valence-electron chi connectivity index (χ3n) is 6.29. The summed E-state index contributed by atoms with van der Waals surface area (Å²) in [6.07, 6.45) is 0.819. The van der Waals surface area contributed by atoms with Gasteiger partial charge in [0.25, 0.3) is 15.9 Å². The Labute approximate surface area is 225 Å². The normalized spacial score (nSPS) is 18.6. The average Bonchev–Trinajstić information content (AvgIpc) is 3.45. The molecular formula is C27H28FN3O5S2. The highest BCUT2D eigenvalue weighted by Crippen LogP contribution is 2.28. The summed E-state index contributed by atoms with van der Waals surface area (Å²) >= 11 is 1.13. The number of sulfonamides is 1. The number of halogens is 1. The predicted molar refractivity (Wildman–Crippen MR) is 142 cm³/mol. The number of pyridine rings is 1. The van der Waals surface area contributed by atoms with Gasteiger partial charge in [0.2, 0.25) is 5.88 Å². The van der Waals surface area contributed by atoms with Gasteiger partial charge in [-0.2, -0.15) is 4.31 Å². The SMILES string of the molecule is C[C@H](CO)N1C[C@H](C)[C@H](CN(C)S(=O)(=O)c2cccs2)Oc2ncc(C#Cc3cccc(F)c3)cc2C1=O. The first-order valence-corrected chi connectivity index (χ1v) is 14.3. The van der Waals surface area contributed by atoms with Gasteiger partial charge in [-0.25, -0.2) is 17.8 Å². The zero-order valence-corrected chi connectivity index (χ0v) is 22.8. The molecule has 0 bridgehead atoms. The minimum atomic E-state index is -3.72. The van der Waals surface area contributed by atoms with Crippen LogP contribution < -0.4 is 4.74 Å². The Morgan fingerprint density at radius 1 is 1.26 bits per heavy atom. The third kappa shape index (κ3) is 6.05. The maximum Gasteiger partial charge on any atom is 0.259 e. The number of aliphatic hydroxyl groups excluding tert-OH is 1. The van der Waals surface area contributed by atoms with Crippen LogP contribution >= 0.6 is 11.3 Å². The standard InChI is InChI=1S/C27H28FN3O5S2/c1-18-15-31(19(2)17-32)27(33)23-13-21(10-9-20-6-4-7-22(28)12-20)14-29-26(23)36-24(18)16-30(3)38(34,35)25-8-5-11-37-25/h4-8,11-14,18-19,24,32H,15-17H2,1-3H3/t18-,19+,24-/m0/s1. The lowest BCUT2D eigenvalue weighted by molar-refractivity contribution is 0.0373. The second kappa shape index (κ2) is 11.6. The van der Waals surface area contributed by atoms with Crippen LogP contribution in [0.1, 0.15) is 35.3 Å². The van der Waals surface area contributed by atoms with Crippen molar-refractivity contribution in [1.29, 1.82) is 0 Å². The van der Waals surface area contributed by atoms with E-state index in [2.05, 4.69) is 16.8 Å². The molecule has 1 aliphatic rings. The van der Waals surface area contributed by atoms with Crippen molar-refractivity contribution in [3.63, 3.8) is 0 Å². The number of benzene rings is 1. The number of hydrogen-bond acceptors (Lipinski definition) is 7. The van der Waals surface area contributed by atoms with E-state index < -0.39 is 28.0 Å². The molecule has 4 rings (SSSR count). The number of carbonyl (C=O) groups excluding carboxylic acids is 1. The molecule has 0 saturated heterocycles. The largest absolute Gasteiger partial charge is 0.472 e. The van der Waals surface area contributed by atoms with E-state index >= 15 is 0 Å². The summed E-state index contributed by atoms with van der Waals surface area (Å²) in [4.78, 5) is 19.4. The smallest absolute Gasteiger partial charge is 0.259 e. The molecule has 2 aromatic heterocycles. The molecule has 3 aromatic rings. The molecule has 3 atom stereocenters. The summed E-state index contributed by atoms with van der Waals surface area (Å²) in [7, 11) is -2.23. The molecule has 11 heteroatoms. The summed E-state index contributed by atoms with van der Waals surface area (Å²) in [5, 5.41) is 11.5. The number of fused-ring (bicyclic) bond motifs is 1. The Bertz CT molecular complexity index is 1470. The maximum atomic E-state index is 13.5. The Hall–Kier alpha value is -3.30. The molecule has 1 aromatic carbocycles. The number of carbonyl (C=O) groups is 1. The van der Waals surface area contributed by atoms with Gasteiger partial charge in [0.15, 0.2) is 0 Å². The van der Waals surface area contributed by atoms with Crippen molar-refractivity contribution in [2.75, 3.05) is 26.7 Å². The molecule has 3 heterocycles. The molecular weight excluding hydrogens is 529 g/mol. The topological polar surface area (TPSA) is 100 Å². The summed E-state index contributed by atoms with van der Waals surface area (Å²) in [6, 6.07) is 10.1. The quantitative estimate of drug-likeness (QED) is 0.468. The zero-order chi connectivity index (χ0) is 27.4. The van der Waals surface area contributed by atoms with Crippen LogP contribution in [0.25, 0.3) is 0 Å². The third-order valence-corrected chi connectivity index (χ3v) is 9.49. The highest BCUT2D eigenvalue weighted by molar-refractivity contribution is 7.91. The molecule has 0 radical (unpaired) electrons. The lowest BCUT2D eigenvalue weighted by atomic mass is 10.0. The van der Waals surface area contributed by atoms with Crippen LogP contribution in [0.5, 0.6) is 5.88 Å². The van der Waals surface area contributed by atoms with Crippen molar-refractivity contribution in [2.24, 2.45) is 5.92 Å². The molecule has 0 unspecified atom stereocenters. The second-order valence-electron chi connectivity index (χ2n) is 9.18. The van der Waals surface area contributed by atoms with E-state index in [4.69, 9.17) is 4.74 Å². The zero-order valence-electron chi connectivity index (χ0n) is 21.2. The number of likely N-dealkylation sites (N-methyl/N-ethyl adjacent to an activating group) is 1. The number of thiophene rings is 1. The predicted octanol–water partition coefficient (Wildman–Crippen LogP) is 3.22. The van der Waals surface area contributed by atoms with Gasteiger partial charge in [0, 0.05) is 36.8 Å². The summed E-state index contributed by atoms with van der Waals surface area (Å²) in [5.41, 5.74) is 1.04. The van der Waals surface area contributed by atoms with Crippen LogP contribution in [-0.2, 0) is 10.0 Å². The van der Waals surface area contributed by atoms with Crippen molar-refractivity contribution >= 4 is 27.3 Å². The molecule has 0 fully saturated rings. The van der Waals surface area contributed by atoms with Gasteiger partial charge in [-0.05, 0) is 42.6 Å². The summed E-state index contributed by atoms with van der Waals surface area (Å²) in [5.74, 6) is 4.75. The first-order valence-electron chi connectivity index (χ1n) is 12.0. The number of amides is 1. The van der Waals surface area contributed by atoms with Gasteiger partial charge in [-0.15, -0.1) is 11.3 Å². The van der Waals surface area contributed by atoms with Gasteiger partial charge in [-0.3, -0.25) is 4.79 Å². The van der Waals surface area contributed by atoms with Gasteiger partial charge < -0.3 is 14.7 Å². The molecule has 0 saturated carbocycles. The van der Waals surface area contributed by atoms with Crippen molar-refractivity contribution in [2.45, 2.75) is 30.2 Å². The van der Waals surface area contributed by atoms with E-state index in [1.807, 2.05) is 6.92 Å². The Kier molecular flexibility index (Phi) is 8.47. The molecule has 1 amide bonds. The minimum absolute atomic E-state index is 0.0270. The van der Waals surface area contributed by atoms with E-state index in [0.29, 0.717) is 11.1 Å². The second-order valence-corrected chi connectivity index (χ2v) is 12.4. The molecule has 38 heavy (non-hydrogen) atoms. The van der Waals surface area contributed by atoms with E-state index in [1.54, 1.807) is 42.6 Å². The number of aromatic nitrogens is 1. The minimum Gasteiger partial charge on any atom is -0.472 e. The number of nitrogens with zero attached hydrogens (tertiary/aromatic N) is 3. The van der Waals surface area contributed by atoms with E-state index in [-0.39, 0.29) is 47.2 Å². The number of rotatable bonds is 6. The fourth-order valence-corrected chi connectivity index (χ4v) is 6.40. The molecule has 200 valence electrons.